The molecule has 0 aliphatic heterocycles. The lowest BCUT2D eigenvalue weighted by atomic mass is 9.93. The van der Waals surface area contributed by atoms with Gasteiger partial charge in [-0.25, -0.2) is 0 Å². The quantitative estimate of drug-likeness (QED) is 0.483. The molecule has 0 aromatic carbocycles. The Kier molecular flexibility index (Phi) is 1.62. The van der Waals surface area contributed by atoms with Crippen LogP contribution in [0.3, 0.4) is 0 Å². The number of Topliss-reactive ketones (excluding diaryl/α,β-unsaturated/α-hetero) is 1. The third-order valence-corrected chi connectivity index (χ3v) is 1.59. The predicted molar refractivity (Wildman–Crippen MR) is 34.6 cm³/mol. The summed E-state index contributed by atoms with van der Waals surface area (Å²) in [5, 5.41) is 7.13. The molecule has 0 bridgehead atoms. The van der Waals surface area contributed by atoms with Gasteiger partial charge in [-0.1, -0.05) is 0 Å². The molecule has 0 aromatic heterocycles. The van der Waals surface area contributed by atoms with Crippen molar-refractivity contribution in [3.63, 3.8) is 0 Å². The van der Waals surface area contributed by atoms with Crippen LogP contribution < -0.4 is 5.73 Å². The van der Waals surface area contributed by atoms with Gasteiger partial charge in [-0.3, -0.25) is 10.2 Å². The van der Waals surface area contributed by atoms with Crippen LogP contribution in [0.1, 0.15) is 19.3 Å². The average Bonchev–Trinajstić information content (AvgIpc) is 1.83. The van der Waals surface area contributed by atoms with Gasteiger partial charge in [-0.05, 0) is 12.8 Å². The Labute approximate surface area is 53.7 Å². The second kappa shape index (κ2) is 2.27. The summed E-state index contributed by atoms with van der Waals surface area (Å²) in [7, 11) is 0. The van der Waals surface area contributed by atoms with Crippen molar-refractivity contribution in [2.24, 2.45) is 5.73 Å². The molecule has 1 aliphatic rings. The second-order valence-corrected chi connectivity index (χ2v) is 2.34. The highest BCUT2D eigenvalue weighted by Crippen LogP contribution is 2.09. The Morgan fingerprint density at radius 1 is 1.67 bits per heavy atom. The maximum atomic E-state index is 10.7. The lowest BCUT2D eigenvalue weighted by Crippen LogP contribution is -2.38. The number of carbonyl (C=O) groups excluding carboxylic acids is 1. The molecule has 3 nitrogen and oxygen atoms in total. The first-order valence-electron chi connectivity index (χ1n) is 3.09. The highest BCUT2D eigenvalue weighted by Gasteiger charge is 2.21. The third-order valence-electron chi connectivity index (χ3n) is 1.59. The summed E-state index contributed by atoms with van der Waals surface area (Å²) in [5.41, 5.74) is 5.54. The standard InChI is InChI=1S/C6H10N2O/c7-4-2-1-3-5(9)6(4)8/h4,8H,1-3,7H2. The molecule has 3 heteroatoms. The molecule has 0 radical (unpaired) electrons. The topological polar surface area (TPSA) is 66.9 Å². The van der Waals surface area contributed by atoms with Crippen LogP contribution in [-0.4, -0.2) is 17.5 Å². The first-order chi connectivity index (χ1) is 4.22. The van der Waals surface area contributed by atoms with Crippen molar-refractivity contribution >= 4 is 11.5 Å². The van der Waals surface area contributed by atoms with E-state index in [0.717, 1.165) is 12.8 Å². The summed E-state index contributed by atoms with van der Waals surface area (Å²) >= 11 is 0. The first kappa shape index (κ1) is 6.42. The summed E-state index contributed by atoms with van der Waals surface area (Å²) in [6.07, 6.45) is 2.17. The number of nitrogens with two attached hydrogens (primary N) is 1. The van der Waals surface area contributed by atoms with Gasteiger partial charge in [-0.15, -0.1) is 0 Å². The van der Waals surface area contributed by atoms with Gasteiger partial charge in [0.2, 0.25) is 0 Å². The van der Waals surface area contributed by atoms with E-state index in [-0.39, 0.29) is 17.5 Å². The van der Waals surface area contributed by atoms with Crippen LogP contribution >= 0.6 is 0 Å². The molecule has 1 aliphatic carbocycles. The summed E-state index contributed by atoms with van der Waals surface area (Å²) in [5.74, 6) is -0.0752. The monoisotopic (exact) mass is 126 g/mol. The van der Waals surface area contributed by atoms with Gasteiger partial charge in [0, 0.05) is 12.5 Å². The minimum absolute atomic E-state index is 0.0752. The van der Waals surface area contributed by atoms with E-state index in [1.54, 1.807) is 0 Å². The molecule has 1 rings (SSSR count). The van der Waals surface area contributed by atoms with Crippen LogP contribution in [0.4, 0.5) is 0 Å². The minimum atomic E-state index is -0.286. The molecule has 0 saturated heterocycles. The van der Waals surface area contributed by atoms with Gasteiger partial charge in [-0.2, -0.15) is 0 Å². The molecule has 50 valence electrons. The molecule has 0 heterocycles. The van der Waals surface area contributed by atoms with Crippen molar-refractivity contribution in [2.45, 2.75) is 25.3 Å². The average molecular weight is 126 g/mol. The smallest absolute Gasteiger partial charge is 0.177 e. The molecule has 1 atom stereocenters. The van der Waals surface area contributed by atoms with Crippen molar-refractivity contribution in [3.8, 4) is 0 Å². The molecule has 1 fully saturated rings. The van der Waals surface area contributed by atoms with Gasteiger partial charge in [0.15, 0.2) is 5.78 Å². The minimum Gasteiger partial charge on any atom is -0.323 e. The zero-order chi connectivity index (χ0) is 6.85. The van der Waals surface area contributed by atoms with E-state index in [1.165, 1.54) is 0 Å². The maximum absolute atomic E-state index is 10.7. The predicted octanol–water partition coefficient (Wildman–Crippen LogP) is 0.0865. The van der Waals surface area contributed by atoms with Crippen LogP contribution in [0, 0.1) is 5.41 Å². The van der Waals surface area contributed by atoms with Crippen LogP contribution in [-0.2, 0) is 4.79 Å². The molecule has 1 saturated carbocycles. The van der Waals surface area contributed by atoms with E-state index in [0.29, 0.717) is 6.42 Å². The van der Waals surface area contributed by atoms with E-state index in [9.17, 15) is 4.79 Å². The van der Waals surface area contributed by atoms with Crippen molar-refractivity contribution in [1.82, 2.24) is 0 Å². The highest BCUT2D eigenvalue weighted by molar-refractivity contribution is 6.40. The zero-order valence-corrected chi connectivity index (χ0v) is 5.18. The number of hydrogen-bond acceptors (Lipinski definition) is 3. The van der Waals surface area contributed by atoms with Crippen LogP contribution in [0.5, 0.6) is 0 Å². The van der Waals surface area contributed by atoms with Crippen LogP contribution in [0.25, 0.3) is 0 Å². The second-order valence-electron chi connectivity index (χ2n) is 2.34. The fraction of sp³-hybridized carbons (Fsp3) is 0.667. The van der Waals surface area contributed by atoms with Crippen molar-refractivity contribution in [1.29, 1.82) is 5.41 Å². The molecular weight excluding hydrogens is 116 g/mol. The lowest BCUT2D eigenvalue weighted by molar-refractivity contribution is -0.113. The summed E-state index contributed by atoms with van der Waals surface area (Å²) in [6.45, 7) is 0. The Balaban J connectivity index is 2.62. The van der Waals surface area contributed by atoms with Crippen LogP contribution in [0.15, 0.2) is 0 Å². The summed E-state index contributed by atoms with van der Waals surface area (Å²) in [4.78, 5) is 10.7. The Bertz CT molecular complexity index is 153. The van der Waals surface area contributed by atoms with Gasteiger partial charge in [0.1, 0.15) is 0 Å². The van der Waals surface area contributed by atoms with Gasteiger partial charge < -0.3 is 5.73 Å². The van der Waals surface area contributed by atoms with Crippen molar-refractivity contribution in [2.75, 3.05) is 0 Å². The van der Waals surface area contributed by atoms with Crippen molar-refractivity contribution < 1.29 is 4.79 Å². The molecule has 3 N–H and O–H groups in total. The Morgan fingerprint density at radius 3 is 2.78 bits per heavy atom. The van der Waals surface area contributed by atoms with E-state index in [4.69, 9.17) is 11.1 Å². The maximum Gasteiger partial charge on any atom is 0.177 e. The summed E-state index contributed by atoms with van der Waals surface area (Å²) in [6, 6.07) is -0.286. The van der Waals surface area contributed by atoms with E-state index in [2.05, 4.69) is 0 Å². The fourth-order valence-corrected chi connectivity index (χ4v) is 0.968. The first-order valence-corrected chi connectivity index (χ1v) is 3.09. The van der Waals surface area contributed by atoms with E-state index in [1.807, 2.05) is 0 Å². The largest absolute Gasteiger partial charge is 0.323 e. The Morgan fingerprint density at radius 2 is 2.33 bits per heavy atom. The number of nitrogens with one attached hydrogen (secondary N) is 1. The molecule has 0 spiro atoms. The Hall–Kier alpha value is -0.700. The van der Waals surface area contributed by atoms with E-state index >= 15 is 0 Å². The molecular formula is C6H10N2O. The molecule has 0 amide bonds. The zero-order valence-electron chi connectivity index (χ0n) is 5.18. The van der Waals surface area contributed by atoms with Crippen LogP contribution in [0.2, 0.25) is 0 Å². The molecule has 0 aromatic rings. The third kappa shape index (κ3) is 1.16. The molecule has 1 unspecified atom stereocenters. The number of rotatable bonds is 0. The van der Waals surface area contributed by atoms with Crippen molar-refractivity contribution in [3.05, 3.63) is 0 Å². The number of ketones is 1. The lowest BCUT2D eigenvalue weighted by Gasteiger charge is -2.16. The molecule has 9 heavy (non-hydrogen) atoms. The summed E-state index contributed by atoms with van der Waals surface area (Å²) < 4.78 is 0. The highest BCUT2D eigenvalue weighted by atomic mass is 16.1. The number of hydrogen-bond donors (Lipinski definition) is 2. The normalized spacial score (nSPS) is 28.8. The van der Waals surface area contributed by atoms with E-state index < -0.39 is 0 Å². The van der Waals surface area contributed by atoms with Gasteiger partial charge >= 0.3 is 0 Å². The SMILES string of the molecule is N=C1C(=O)CCCC1N. The van der Waals surface area contributed by atoms with Gasteiger partial charge in [0.25, 0.3) is 0 Å². The number of carbonyl (C=O) groups is 1. The van der Waals surface area contributed by atoms with Gasteiger partial charge in [0.05, 0.1) is 5.71 Å². The fourth-order valence-electron chi connectivity index (χ4n) is 0.968.